The Hall–Kier alpha value is -3.41. The molecular formula is C20H13F2N3O. The Balaban J connectivity index is 1.76. The van der Waals surface area contributed by atoms with E-state index < -0.39 is 11.6 Å². The van der Waals surface area contributed by atoms with Crippen LogP contribution in [-0.4, -0.2) is 16.6 Å². The lowest BCUT2D eigenvalue weighted by molar-refractivity contribution is -0.112. The zero-order valence-electron chi connectivity index (χ0n) is 13.6. The molecule has 128 valence electrons. The summed E-state index contributed by atoms with van der Waals surface area (Å²) in [5, 5.41) is 0. The number of para-hydroxylation sites is 1. The lowest BCUT2D eigenvalue weighted by Gasteiger charge is -2.16. The third kappa shape index (κ3) is 2.86. The van der Waals surface area contributed by atoms with Crippen molar-refractivity contribution >= 4 is 23.0 Å². The van der Waals surface area contributed by atoms with E-state index in [0.29, 0.717) is 17.8 Å². The third-order valence-electron chi connectivity index (χ3n) is 4.09. The Kier molecular flexibility index (Phi) is 4.01. The van der Waals surface area contributed by atoms with Gasteiger partial charge in [0.2, 0.25) is 0 Å². The third-order valence-corrected chi connectivity index (χ3v) is 4.09. The predicted octanol–water partition coefficient (Wildman–Crippen LogP) is 4.03. The van der Waals surface area contributed by atoms with Crippen LogP contribution >= 0.6 is 0 Å². The van der Waals surface area contributed by atoms with E-state index in [1.165, 1.54) is 6.07 Å². The summed E-state index contributed by atoms with van der Waals surface area (Å²) in [7, 11) is 0. The number of nitrogens with zero attached hydrogens (tertiary/aromatic N) is 3. The first-order chi connectivity index (χ1) is 12.6. The fourth-order valence-corrected chi connectivity index (χ4v) is 2.86. The van der Waals surface area contributed by atoms with Crippen molar-refractivity contribution in [2.45, 2.75) is 6.54 Å². The predicted molar refractivity (Wildman–Crippen MR) is 94.4 cm³/mol. The van der Waals surface area contributed by atoms with Crippen LogP contribution in [0.25, 0.3) is 0 Å². The number of fused-ring (bicyclic) bond motifs is 1. The Morgan fingerprint density at radius 3 is 2.54 bits per heavy atom. The molecule has 0 bridgehead atoms. The van der Waals surface area contributed by atoms with Gasteiger partial charge >= 0.3 is 0 Å². The van der Waals surface area contributed by atoms with Gasteiger partial charge in [0.1, 0.15) is 5.71 Å². The van der Waals surface area contributed by atoms with Gasteiger partial charge in [-0.05, 0) is 30.3 Å². The molecule has 6 heteroatoms. The molecule has 4 rings (SSSR count). The molecule has 2 heterocycles. The summed E-state index contributed by atoms with van der Waals surface area (Å²) in [5.41, 5.74) is 2.48. The number of amides is 1. The largest absolute Gasteiger partial charge is 0.300 e. The van der Waals surface area contributed by atoms with Gasteiger partial charge in [0, 0.05) is 17.8 Å². The van der Waals surface area contributed by atoms with Crippen molar-refractivity contribution in [3.05, 3.63) is 89.8 Å². The van der Waals surface area contributed by atoms with Gasteiger partial charge in [0.25, 0.3) is 5.91 Å². The molecule has 1 aromatic heterocycles. The van der Waals surface area contributed by atoms with Gasteiger partial charge in [-0.3, -0.25) is 9.78 Å². The molecular weight excluding hydrogens is 336 g/mol. The summed E-state index contributed by atoms with van der Waals surface area (Å²) < 4.78 is 26.6. The average molecular weight is 349 g/mol. The van der Waals surface area contributed by atoms with Gasteiger partial charge in [-0.15, -0.1) is 0 Å². The molecule has 0 saturated heterocycles. The fraction of sp³-hybridized carbons (Fsp3) is 0.0500. The molecule has 0 saturated carbocycles. The lowest BCUT2D eigenvalue weighted by atomic mass is 10.1. The zero-order chi connectivity index (χ0) is 18.1. The standard InChI is InChI=1S/C20H13F2N3O/c21-16-9-8-13(11-17(16)22)24-19-15-6-1-2-7-18(15)25(20(19)26)12-14-5-3-4-10-23-14/h1-11H,12H2/b24-19-. The van der Waals surface area contributed by atoms with E-state index in [0.717, 1.165) is 17.8 Å². The highest BCUT2D eigenvalue weighted by Gasteiger charge is 2.33. The van der Waals surface area contributed by atoms with Crippen LogP contribution in [0.2, 0.25) is 0 Å². The SMILES string of the molecule is O=C1/C(=N\c2ccc(F)c(F)c2)c2ccccc2N1Cc1ccccn1. The highest BCUT2D eigenvalue weighted by Crippen LogP contribution is 2.32. The van der Waals surface area contributed by atoms with Crippen LogP contribution < -0.4 is 4.90 Å². The second kappa shape index (κ2) is 6.48. The summed E-state index contributed by atoms with van der Waals surface area (Å²) in [6.45, 7) is 0.299. The molecule has 0 unspecified atom stereocenters. The summed E-state index contributed by atoms with van der Waals surface area (Å²) in [6.07, 6.45) is 1.66. The molecule has 3 aromatic rings. The minimum Gasteiger partial charge on any atom is -0.300 e. The van der Waals surface area contributed by atoms with Crippen molar-refractivity contribution in [3.63, 3.8) is 0 Å². The van der Waals surface area contributed by atoms with Gasteiger partial charge < -0.3 is 4.90 Å². The molecule has 1 aliphatic heterocycles. The number of benzene rings is 2. The van der Waals surface area contributed by atoms with E-state index in [4.69, 9.17) is 0 Å². The Morgan fingerprint density at radius 1 is 0.962 bits per heavy atom. The molecule has 1 amide bonds. The molecule has 0 aliphatic carbocycles. The second-order valence-electron chi connectivity index (χ2n) is 5.79. The van der Waals surface area contributed by atoms with Crippen molar-refractivity contribution in [3.8, 4) is 0 Å². The molecule has 0 spiro atoms. The normalized spacial score (nSPS) is 14.8. The van der Waals surface area contributed by atoms with Crippen LogP contribution in [0.3, 0.4) is 0 Å². The quantitative estimate of drug-likeness (QED) is 0.717. The van der Waals surface area contributed by atoms with Gasteiger partial charge in [-0.2, -0.15) is 0 Å². The van der Waals surface area contributed by atoms with Gasteiger partial charge in [0.15, 0.2) is 11.6 Å². The maximum absolute atomic E-state index is 13.5. The number of rotatable bonds is 3. The fourth-order valence-electron chi connectivity index (χ4n) is 2.86. The summed E-state index contributed by atoms with van der Waals surface area (Å²) in [6, 6.07) is 16.0. The summed E-state index contributed by atoms with van der Waals surface area (Å²) in [5.74, 6) is -2.26. The van der Waals surface area contributed by atoms with Gasteiger partial charge in [0.05, 0.1) is 23.6 Å². The van der Waals surface area contributed by atoms with Crippen LogP contribution in [0.15, 0.2) is 71.9 Å². The first-order valence-corrected chi connectivity index (χ1v) is 7.98. The molecule has 0 radical (unpaired) electrons. The van der Waals surface area contributed by atoms with Crippen molar-refractivity contribution in [1.29, 1.82) is 0 Å². The molecule has 4 nitrogen and oxygen atoms in total. The Bertz CT molecular complexity index is 1020. The second-order valence-corrected chi connectivity index (χ2v) is 5.79. The number of aromatic nitrogens is 1. The van der Waals surface area contributed by atoms with E-state index in [-0.39, 0.29) is 17.3 Å². The molecule has 0 atom stereocenters. The van der Waals surface area contributed by atoms with E-state index in [1.54, 1.807) is 29.3 Å². The molecule has 0 N–H and O–H groups in total. The van der Waals surface area contributed by atoms with Crippen LogP contribution in [0.4, 0.5) is 20.2 Å². The van der Waals surface area contributed by atoms with Crippen LogP contribution in [0.5, 0.6) is 0 Å². The maximum Gasteiger partial charge on any atom is 0.277 e. The highest BCUT2D eigenvalue weighted by molar-refractivity contribution is 6.54. The van der Waals surface area contributed by atoms with E-state index in [1.807, 2.05) is 24.3 Å². The van der Waals surface area contributed by atoms with E-state index >= 15 is 0 Å². The Morgan fingerprint density at radius 2 is 1.77 bits per heavy atom. The smallest absolute Gasteiger partial charge is 0.277 e. The highest BCUT2D eigenvalue weighted by atomic mass is 19.2. The van der Waals surface area contributed by atoms with Gasteiger partial charge in [-0.25, -0.2) is 13.8 Å². The number of aliphatic imine (C=N–C) groups is 1. The minimum atomic E-state index is -1.00. The van der Waals surface area contributed by atoms with Crippen LogP contribution in [0, 0.1) is 11.6 Å². The van der Waals surface area contributed by atoms with Crippen molar-refractivity contribution in [2.75, 3.05) is 4.90 Å². The lowest BCUT2D eigenvalue weighted by Crippen LogP contribution is -2.29. The zero-order valence-corrected chi connectivity index (χ0v) is 13.6. The first-order valence-electron chi connectivity index (χ1n) is 7.98. The van der Waals surface area contributed by atoms with Crippen LogP contribution in [-0.2, 0) is 11.3 Å². The van der Waals surface area contributed by atoms with E-state index in [9.17, 15) is 13.6 Å². The first kappa shape index (κ1) is 16.1. The summed E-state index contributed by atoms with van der Waals surface area (Å²) in [4.78, 5) is 23.0. The molecule has 2 aromatic carbocycles. The number of anilines is 1. The number of pyridine rings is 1. The van der Waals surface area contributed by atoms with Crippen LogP contribution in [0.1, 0.15) is 11.3 Å². The number of hydrogen-bond donors (Lipinski definition) is 0. The molecule has 1 aliphatic rings. The number of carbonyl (C=O) groups is 1. The number of halogens is 2. The van der Waals surface area contributed by atoms with E-state index in [2.05, 4.69) is 9.98 Å². The number of hydrogen-bond acceptors (Lipinski definition) is 3. The average Bonchev–Trinajstić information content (AvgIpc) is 2.92. The van der Waals surface area contributed by atoms with Crippen molar-refractivity contribution in [2.24, 2.45) is 4.99 Å². The topological polar surface area (TPSA) is 45.6 Å². The van der Waals surface area contributed by atoms with Gasteiger partial charge in [-0.1, -0.05) is 24.3 Å². The summed E-state index contributed by atoms with van der Waals surface area (Å²) >= 11 is 0. The monoisotopic (exact) mass is 349 g/mol. The minimum absolute atomic E-state index is 0.182. The Labute approximate surface area is 148 Å². The van der Waals surface area contributed by atoms with Crippen molar-refractivity contribution in [1.82, 2.24) is 4.98 Å². The van der Waals surface area contributed by atoms with Crippen molar-refractivity contribution < 1.29 is 13.6 Å². The molecule has 0 fully saturated rings. The number of carbonyl (C=O) groups excluding carboxylic acids is 1. The maximum atomic E-state index is 13.5. The molecule has 26 heavy (non-hydrogen) atoms.